The van der Waals surface area contributed by atoms with E-state index in [9.17, 15) is 0 Å². The minimum absolute atomic E-state index is 0.934. The summed E-state index contributed by atoms with van der Waals surface area (Å²) >= 11 is 0. The van der Waals surface area contributed by atoms with Crippen molar-refractivity contribution in [1.29, 1.82) is 0 Å². The lowest BCUT2D eigenvalue weighted by Gasteiger charge is -2.28. The van der Waals surface area contributed by atoms with Crippen molar-refractivity contribution in [2.75, 3.05) is 11.9 Å². The molecular weight excluding hydrogens is 496 g/mol. The first kappa shape index (κ1) is 29.1. The predicted molar refractivity (Wildman–Crippen MR) is 179 cm³/mol. The number of nitrogens with one attached hydrogen (secondary N) is 2. The molecule has 2 heteroatoms. The van der Waals surface area contributed by atoms with Gasteiger partial charge in [-0.25, -0.2) is 0 Å². The fourth-order valence-corrected chi connectivity index (χ4v) is 6.62. The summed E-state index contributed by atoms with van der Waals surface area (Å²) < 4.78 is 0. The number of benzene rings is 2. The molecule has 0 bridgehead atoms. The number of fused-ring (bicyclic) bond motifs is 2. The van der Waals surface area contributed by atoms with Gasteiger partial charge in [0.25, 0.3) is 0 Å². The molecular formula is C39H48N2. The van der Waals surface area contributed by atoms with E-state index in [-0.39, 0.29) is 0 Å². The van der Waals surface area contributed by atoms with E-state index in [1.54, 1.807) is 0 Å². The minimum Gasteiger partial charge on any atom is -0.355 e. The highest BCUT2D eigenvalue weighted by atomic mass is 14.9. The number of allylic oxidation sites excluding steroid dienone is 10. The van der Waals surface area contributed by atoms with Gasteiger partial charge < -0.3 is 10.6 Å². The summed E-state index contributed by atoms with van der Waals surface area (Å²) in [6.45, 7) is 15.6. The van der Waals surface area contributed by atoms with Crippen LogP contribution in [0.2, 0.25) is 0 Å². The van der Waals surface area contributed by atoms with Crippen LogP contribution < -0.4 is 10.6 Å². The van der Waals surface area contributed by atoms with Crippen LogP contribution in [0.5, 0.6) is 0 Å². The zero-order valence-corrected chi connectivity index (χ0v) is 25.8. The predicted octanol–water partition coefficient (Wildman–Crippen LogP) is 10.3. The van der Waals surface area contributed by atoms with Gasteiger partial charge in [0.1, 0.15) is 0 Å². The molecule has 0 unspecified atom stereocenters. The maximum atomic E-state index is 4.55. The molecule has 214 valence electrons. The summed E-state index contributed by atoms with van der Waals surface area (Å²) in [7, 11) is 0. The van der Waals surface area contributed by atoms with Gasteiger partial charge in [0.05, 0.1) is 0 Å². The SMILES string of the molecule is C=C(/C=C\C=C(\C)CCCC)C1=C(C)CCC=C1c1ccc2c(c1)C(Nc1cccc3c1CNCC3)=C(CC)CC2. The second-order valence-corrected chi connectivity index (χ2v) is 12.0. The van der Waals surface area contributed by atoms with Crippen LogP contribution in [-0.2, 0) is 19.4 Å². The fraction of sp³-hybridized carbons (Fsp3) is 0.385. The molecule has 0 saturated heterocycles. The van der Waals surface area contributed by atoms with Crippen molar-refractivity contribution >= 4 is 17.0 Å². The monoisotopic (exact) mass is 544 g/mol. The largest absolute Gasteiger partial charge is 0.355 e. The Kier molecular flexibility index (Phi) is 9.62. The molecule has 2 aliphatic carbocycles. The Bertz CT molecular complexity index is 1460. The number of hydrogen-bond acceptors (Lipinski definition) is 2. The van der Waals surface area contributed by atoms with Crippen molar-refractivity contribution in [2.45, 2.75) is 92.0 Å². The first-order valence-electron chi connectivity index (χ1n) is 15.9. The second kappa shape index (κ2) is 13.5. The molecule has 0 aromatic heterocycles. The molecule has 1 aliphatic heterocycles. The second-order valence-electron chi connectivity index (χ2n) is 12.0. The normalized spacial score (nSPS) is 17.5. The molecule has 0 atom stereocenters. The van der Waals surface area contributed by atoms with E-state index in [4.69, 9.17) is 0 Å². The molecule has 0 fully saturated rings. The molecule has 2 aromatic rings. The third-order valence-corrected chi connectivity index (χ3v) is 9.06. The van der Waals surface area contributed by atoms with E-state index in [0.717, 1.165) is 57.2 Å². The van der Waals surface area contributed by atoms with Gasteiger partial charge in [0, 0.05) is 23.5 Å². The Hall–Kier alpha value is -3.36. The lowest BCUT2D eigenvalue weighted by Crippen LogP contribution is -2.24. The van der Waals surface area contributed by atoms with Crippen LogP contribution in [-0.4, -0.2) is 6.54 Å². The minimum atomic E-state index is 0.934. The highest BCUT2D eigenvalue weighted by Gasteiger charge is 2.23. The number of anilines is 1. The van der Waals surface area contributed by atoms with Crippen molar-refractivity contribution in [3.05, 3.63) is 123 Å². The maximum Gasteiger partial charge on any atom is 0.0452 e. The highest BCUT2D eigenvalue weighted by molar-refractivity contribution is 5.90. The number of rotatable bonds is 10. The highest BCUT2D eigenvalue weighted by Crippen LogP contribution is 2.41. The summed E-state index contributed by atoms with van der Waals surface area (Å²) in [4.78, 5) is 0. The summed E-state index contributed by atoms with van der Waals surface area (Å²) in [5.74, 6) is 0. The van der Waals surface area contributed by atoms with Gasteiger partial charge in [-0.2, -0.15) is 0 Å². The quantitative estimate of drug-likeness (QED) is 0.291. The van der Waals surface area contributed by atoms with Crippen molar-refractivity contribution in [1.82, 2.24) is 5.32 Å². The van der Waals surface area contributed by atoms with E-state index < -0.39 is 0 Å². The number of aryl methyl sites for hydroxylation is 1. The molecule has 41 heavy (non-hydrogen) atoms. The van der Waals surface area contributed by atoms with Crippen molar-refractivity contribution in [3.63, 3.8) is 0 Å². The maximum absolute atomic E-state index is 4.55. The lowest BCUT2D eigenvalue weighted by molar-refractivity contribution is 0.645. The van der Waals surface area contributed by atoms with Gasteiger partial charge in [-0.1, -0.05) is 86.6 Å². The molecule has 1 heterocycles. The van der Waals surface area contributed by atoms with Gasteiger partial charge in [0.15, 0.2) is 0 Å². The van der Waals surface area contributed by atoms with Crippen LogP contribution in [0.3, 0.4) is 0 Å². The van der Waals surface area contributed by atoms with Gasteiger partial charge in [-0.05, 0) is 128 Å². The van der Waals surface area contributed by atoms with Crippen LogP contribution in [0.25, 0.3) is 11.3 Å². The first-order chi connectivity index (χ1) is 20.0. The van der Waals surface area contributed by atoms with Crippen LogP contribution in [0, 0.1) is 0 Å². The third kappa shape index (κ3) is 6.60. The van der Waals surface area contributed by atoms with Crippen molar-refractivity contribution in [3.8, 4) is 0 Å². The topological polar surface area (TPSA) is 24.1 Å². The molecule has 0 radical (unpaired) electrons. The lowest BCUT2D eigenvalue weighted by atomic mass is 9.81. The average Bonchev–Trinajstić information content (AvgIpc) is 3.00. The molecule has 0 amide bonds. The molecule has 2 N–H and O–H groups in total. The smallest absolute Gasteiger partial charge is 0.0452 e. The average molecular weight is 545 g/mol. The van der Waals surface area contributed by atoms with Crippen LogP contribution in [0.15, 0.2) is 95.1 Å². The fourth-order valence-electron chi connectivity index (χ4n) is 6.62. The van der Waals surface area contributed by atoms with Crippen molar-refractivity contribution < 1.29 is 0 Å². The van der Waals surface area contributed by atoms with Gasteiger partial charge >= 0.3 is 0 Å². The first-order valence-corrected chi connectivity index (χ1v) is 15.9. The van der Waals surface area contributed by atoms with Gasteiger partial charge in [-0.3, -0.25) is 0 Å². The summed E-state index contributed by atoms with van der Waals surface area (Å²) in [6.07, 6.45) is 19.3. The van der Waals surface area contributed by atoms with E-state index in [1.807, 2.05) is 0 Å². The Morgan fingerprint density at radius 1 is 1.05 bits per heavy atom. The van der Waals surface area contributed by atoms with Crippen LogP contribution in [0.4, 0.5) is 5.69 Å². The Balaban J connectivity index is 1.47. The van der Waals surface area contributed by atoms with Crippen molar-refractivity contribution in [2.24, 2.45) is 0 Å². The van der Waals surface area contributed by atoms with E-state index in [0.29, 0.717) is 0 Å². The van der Waals surface area contributed by atoms with E-state index >= 15 is 0 Å². The van der Waals surface area contributed by atoms with Crippen LogP contribution in [0.1, 0.15) is 100 Å². The van der Waals surface area contributed by atoms with Gasteiger partial charge in [0.2, 0.25) is 0 Å². The van der Waals surface area contributed by atoms with E-state index in [1.165, 1.54) is 86.3 Å². The third-order valence-electron chi connectivity index (χ3n) is 9.06. The number of hydrogen-bond donors (Lipinski definition) is 2. The van der Waals surface area contributed by atoms with Crippen LogP contribution >= 0.6 is 0 Å². The molecule has 5 rings (SSSR count). The zero-order valence-electron chi connectivity index (χ0n) is 25.8. The molecule has 0 saturated carbocycles. The van der Waals surface area contributed by atoms with E-state index in [2.05, 4.69) is 106 Å². The zero-order chi connectivity index (χ0) is 28.8. The van der Waals surface area contributed by atoms with Gasteiger partial charge in [-0.15, -0.1) is 0 Å². The standard InChI is InChI=1S/C39H48N2/c1-6-8-12-27(3)13-9-14-28(4)38-29(5)15-10-17-34(38)33-22-21-32-20-19-30(7-2)39(35(32)25-33)41-37-18-11-16-31-23-24-40-26-36(31)37/h9,11,13-14,16-18,21-22,25,40-41H,4,6-8,10,12,15,19-20,23-24,26H2,1-3,5H3/b14-9-,27-13-. The summed E-state index contributed by atoms with van der Waals surface area (Å²) in [5, 5.41) is 7.54. The Morgan fingerprint density at radius 3 is 2.76 bits per heavy atom. The Labute approximate surface area is 248 Å². The molecule has 2 nitrogen and oxygen atoms in total. The molecule has 3 aliphatic rings. The Morgan fingerprint density at radius 2 is 1.93 bits per heavy atom. The number of unbranched alkanes of at least 4 members (excludes halogenated alkanes) is 1. The molecule has 2 aromatic carbocycles. The molecule has 0 spiro atoms. The summed E-state index contributed by atoms with van der Waals surface area (Å²) in [5.41, 5.74) is 17.7. The summed E-state index contributed by atoms with van der Waals surface area (Å²) in [6, 6.07) is 13.9.